The molecular formula is C36H52ClF2N3O3. The van der Waals surface area contributed by atoms with E-state index in [1.165, 1.54) is 11.6 Å². The van der Waals surface area contributed by atoms with Crippen LogP contribution in [0.2, 0.25) is 5.02 Å². The van der Waals surface area contributed by atoms with E-state index < -0.39 is 6.11 Å². The molecule has 0 bridgehead atoms. The Morgan fingerprint density at radius 1 is 1.07 bits per heavy atom. The lowest BCUT2D eigenvalue weighted by Gasteiger charge is -2.13. The Labute approximate surface area is 273 Å². The van der Waals surface area contributed by atoms with Gasteiger partial charge < -0.3 is 30.2 Å². The van der Waals surface area contributed by atoms with Crippen LogP contribution in [0.5, 0.6) is 5.75 Å². The zero-order valence-corrected chi connectivity index (χ0v) is 29.0. The van der Waals surface area contributed by atoms with Gasteiger partial charge in [-0.1, -0.05) is 86.5 Å². The average Bonchev–Trinajstić information content (AvgIpc) is 3.25. The van der Waals surface area contributed by atoms with Crippen molar-refractivity contribution in [1.82, 2.24) is 9.88 Å². The van der Waals surface area contributed by atoms with Crippen LogP contribution in [0.4, 0.5) is 14.6 Å². The van der Waals surface area contributed by atoms with E-state index in [9.17, 15) is 8.78 Å². The number of ether oxygens (including phenoxy) is 2. The van der Waals surface area contributed by atoms with Crippen molar-refractivity contribution in [2.45, 2.75) is 73.6 Å². The summed E-state index contributed by atoms with van der Waals surface area (Å²) in [4.78, 5) is 0. The lowest BCUT2D eigenvalue weighted by atomic mass is 10.2. The predicted molar refractivity (Wildman–Crippen MR) is 189 cm³/mol. The number of aliphatic hydroxyl groups excluding tert-OH is 1. The number of halogens is 3. The second kappa shape index (κ2) is 22.8. The number of nitrogens with zero attached hydrogens (tertiary/aromatic N) is 1. The van der Waals surface area contributed by atoms with E-state index in [-0.39, 0.29) is 17.6 Å². The molecule has 1 heterocycles. The standard InChI is InChI=1S/C20H24F2N2O.C7H7Cl.C7H15NO2.C2H6/c1-4-5-6-7-8-9-10-13-24-18-14-16(25-20(3,21)22)11-12-17(18)15(2)19(24)23;1-6-2-4-7(8)5-3-6;1-4-6(9)7(10-3)5-8-2;1-2/h5-12,14H,4,13,23H2,1-3H3;2-5H,1H3;4,7-9H,5H2,1-3H3;1-2H3/b6-5-,8-7-,10-9+;;6-4-;. The molecule has 0 amide bonds. The average molecular weight is 648 g/mol. The first-order valence-electron chi connectivity index (χ1n) is 15.1. The molecule has 1 unspecified atom stereocenters. The number of hydrogen-bond acceptors (Lipinski definition) is 5. The Balaban J connectivity index is 0.000000791. The highest BCUT2D eigenvalue weighted by Gasteiger charge is 2.23. The molecule has 0 saturated carbocycles. The maximum Gasteiger partial charge on any atom is 0.394 e. The third kappa shape index (κ3) is 16.3. The van der Waals surface area contributed by atoms with E-state index in [2.05, 4.69) is 23.1 Å². The highest BCUT2D eigenvalue weighted by Crippen LogP contribution is 2.32. The number of benzene rings is 2. The number of fused-ring (bicyclic) bond motifs is 1. The van der Waals surface area contributed by atoms with Crippen LogP contribution in [-0.2, 0) is 11.3 Å². The molecule has 0 fully saturated rings. The molecule has 45 heavy (non-hydrogen) atoms. The van der Waals surface area contributed by atoms with Crippen LogP contribution in [0.1, 0.15) is 52.2 Å². The van der Waals surface area contributed by atoms with Gasteiger partial charge in [0, 0.05) is 43.6 Å². The van der Waals surface area contributed by atoms with E-state index >= 15 is 0 Å². The number of nitrogen functional groups attached to an aromatic ring is 1. The van der Waals surface area contributed by atoms with E-state index in [1.54, 1.807) is 32.2 Å². The number of nitrogens with two attached hydrogens (primary N) is 1. The van der Waals surface area contributed by atoms with Crippen molar-refractivity contribution in [3.63, 3.8) is 0 Å². The SMILES string of the molecule is C/C=C(\O)C(CNC)OC.CC.CC\C=C/C=C\C=C\Cn1c(N)c(C)c2ccc(OC(C)(F)F)cc21.Cc1ccc(Cl)cc1. The maximum atomic E-state index is 13.1. The first kappa shape index (κ1) is 41.4. The van der Waals surface area contributed by atoms with Gasteiger partial charge in [-0.2, -0.15) is 8.78 Å². The molecule has 0 spiro atoms. The summed E-state index contributed by atoms with van der Waals surface area (Å²) < 4.78 is 37.7. The Hall–Kier alpha value is -3.59. The van der Waals surface area contributed by atoms with Crippen LogP contribution in [0, 0.1) is 13.8 Å². The molecule has 9 heteroatoms. The Bertz CT molecular complexity index is 1340. The number of anilines is 1. The molecule has 1 aromatic heterocycles. The van der Waals surface area contributed by atoms with Crippen molar-refractivity contribution < 1.29 is 23.4 Å². The number of aromatic nitrogens is 1. The lowest BCUT2D eigenvalue weighted by Crippen LogP contribution is -2.27. The largest absolute Gasteiger partial charge is 0.510 e. The van der Waals surface area contributed by atoms with Crippen LogP contribution in [0.3, 0.4) is 0 Å². The predicted octanol–water partition coefficient (Wildman–Crippen LogP) is 9.96. The minimum Gasteiger partial charge on any atom is -0.510 e. The van der Waals surface area contributed by atoms with Crippen LogP contribution < -0.4 is 15.8 Å². The number of nitrogens with one attached hydrogen (secondary N) is 1. The summed E-state index contributed by atoms with van der Waals surface area (Å²) in [6, 6.07) is 12.6. The molecule has 0 aliphatic carbocycles. The summed E-state index contributed by atoms with van der Waals surface area (Å²) in [5.74, 6) is 1.01. The molecule has 2 aromatic carbocycles. The van der Waals surface area contributed by atoms with Gasteiger partial charge >= 0.3 is 6.11 Å². The van der Waals surface area contributed by atoms with Crippen molar-refractivity contribution in [2.24, 2.45) is 0 Å². The minimum absolute atomic E-state index is 0.118. The Kier molecular flexibility index (Phi) is 21.0. The Morgan fingerprint density at radius 2 is 1.67 bits per heavy atom. The van der Waals surface area contributed by atoms with Crippen molar-refractivity contribution in [2.75, 3.05) is 26.4 Å². The second-order valence-electron chi connectivity index (χ2n) is 9.65. The smallest absolute Gasteiger partial charge is 0.394 e. The topological polar surface area (TPSA) is 81.7 Å². The maximum absolute atomic E-state index is 13.1. The highest BCUT2D eigenvalue weighted by atomic mass is 35.5. The van der Waals surface area contributed by atoms with Crippen molar-refractivity contribution in [3.8, 4) is 5.75 Å². The fourth-order valence-electron chi connectivity index (χ4n) is 3.79. The number of likely N-dealkylation sites (N-methyl/N-ethyl adjacent to an activating group) is 1. The number of hydrogen-bond donors (Lipinski definition) is 3. The van der Waals surface area contributed by atoms with Gasteiger partial charge in [0.2, 0.25) is 0 Å². The van der Waals surface area contributed by atoms with Crippen LogP contribution in [0.15, 0.2) is 90.8 Å². The molecule has 0 radical (unpaired) electrons. The third-order valence-corrected chi connectivity index (χ3v) is 6.33. The third-order valence-electron chi connectivity index (χ3n) is 6.08. The summed E-state index contributed by atoms with van der Waals surface area (Å²) in [6.07, 6.45) is 11.0. The lowest BCUT2D eigenvalue weighted by molar-refractivity contribution is -0.158. The van der Waals surface area contributed by atoms with Gasteiger partial charge in [-0.05, 0) is 70.1 Å². The molecular weight excluding hydrogens is 596 g/mol. The van der Waals surface area contributed by atoms with Crippen molar-refractivity contribution >= 4 is 28.3 Å². The summed E-state index contributed by atoms with van der Waals surface area (Å²) in [5, 5.41) is 13.8. The minimum atomic E-state index is -3.22. The quantitative estimate of drug-likeness (QED) is 0.143. The van der Waals surface area contributed by atoms with E-state index in [4.69, 9.17) is 27.2 Å². The molecule has 1 atom stereocenters. The van der Waals surface area contributed by atoms with Crippen LogP contribution >= 0.6 is 11.6 Å². The zero-order valence-electron chi connectivity index (χ0n) is 28.2. The number of methoxy groups -OCH3 is 1. The first-order valence-corrected chi connectivity index (χ1v) is 15.4. The van der Waals surface area contributed by atoms with Crippen LogP contribution in [-0.4, -0.2) is 42.6 Å². The summed E-state index contributed by atoms with van der Waals surface area (Å²) in [7, 11) is 3.39. The monoisotopic (exact) mass is 647 g/mol. The van der Waals surface area contributed by atoms with Gasteiger partial charge in [0.1, 0.15) is 23.4 Å². The summed E-state index contributed by atoms with van der Waals surface area (Å²) in [5.41, 5.74) is 9.13. The second-order valence-corrected chi connectivity index (χ2v) is 10.1. The number of aliphatic hydroxyl groups is 1. The van der Waals surface area contributed by atoms with E-state index in [0.29, 0.717) is 18.9 Å². The molecule has 0 aliphatic heterocycles. The molecule has 3 rings (SSSR count). The van der Waals surface area contributed by atoms with Gasteiger partial charge in [0.05, 0.1) is 5.52 Å². The van der Waals surface area contributed by atoms with Gasteiger partial charge in [-0.15, -0.1) is 0 Å². The van der Waals surface area contributed by atoms with Gasteiger partial charge in [-0.25, -0.2) is 0 Å². The first-order chi connectivity index (χ1) is 21.4. The van der Waals surface area contributed by atoms with Crippen LogP contribution in [0.25, 0.3) is 10.9 Å². The van der Waals surface area contributed by atoms with Crippen molar-refractivity contribution in [1.29, 1.82) is 0 Å². The molecule has 0 saturated heterocycles. The number of rotatable bonds is 11. The van der Waals surface area contributed by atoms with E-state index in [1.807, 2.05) is 94.0 Å². The molecule has 250 valence electrons. The van der Waals surface area contributed by atoms with E-state index in [0.717, 1.165) is 34.8 Å². The molecule has 6 nitrogen and oxygen atoms in total. The zero-order chi connectivity index (χ0) is 34.4. The fourth-order valence-corrected chi connectivity index (χ4v) is 3.92. The van der Waals surface area contributed by atoms with Gasteiger partial charge in [-0.3, -0.25) is 0 Å². The normalized spacial score (nSPS) is 12.4. The highest BCUT2D eigenvalue weighted by molar-refractivity contribution is 6.30. The van der Waals surface area contributed by atoms with Gasteiger partial charge in [0.25, 0.3) is 0 Å². The Morgan fingerprint density at radius 3 is 2.16 bits per heavy atom. The van der Waals surface area contributed by atoms with Gasteiger partial charge in [0.15, 0.2) is 0 Å². The number of alkyl halides is 2. The number of allylic oxidation sites excluding steroid dienone is 7. The molecule has 3 aromatic rings. The summed E-state index contributed by atoms with van der Waals surface area (Å²) >= 11 is 5.61. The fraction of sp³-hybridized carbons (Fsp3) is 0.389. The summed E-state index contributed by atoms with van der Waals surface area (Å²) in [6.45, 7) is 13.7. The molecule has 4 N–H and O–H groups in total. The number of aryl methyl sites for hydroxylation is 2. The van der Waals surface area contributed by atoms with Crippen molar-refractivity contribution in [3.05, 3.63) is 107 Å². The molecule has 0 aliphatic rings.